The Labute approximate surface area is 125 Å². The summed E-state index contributed by atoms with van der Waals surface area (Å²) in [5.41, 5.74) is 8.19. The number of carbonyl (C=O) groups is 1. The number of rotatable bonds is 5. The second-order valence-corrected chi connectivity index (χ2v) is 6.03. The minimum absolute atomic E-state index is 0.0362. The van der Waals surface area contributed by atoms with Crippen molar-refractivity contribution in [3.8, 4) is 5.75 Å². The van der Waals surface area contributed by atoms with Crippen LogP contribution in [0, 0.1) is 5.92 Å². The van der Waals surface area contributed by atoms with Gasteiger partial charge in [-0.15, -0.1) is 0 Å². The largest absolute Gasteiger partial charge is 0.482 e. The van der Waals surface area contributed by atoms with Gasteiger partial charge in [0.25, 0.3) is 5.91 Å². The quantitative estimate of drug-likeness (QED) is 0.718. The zero-order chi connectivity index (χ0) is 15.6. The van der Waals surface area contributed by atoms with Crippen molar-refractivity contribution in [1.29, 1.82) is 0 Å². The lowest BCUT2D eigenvalue weighted by atomic mass is 10.0. The summed E-state index contributed by atoms with van der Waals surface area (Å²) in [6.07, 6.45) is 0. The van der Waals surface area contributed by atoms with E-state index in [4.69, 9.17) is 10.5 Å². The van der Waals surface area contributed by atoms with Crippen LogP contribution in [0.25, 0.3) is 0 Å². The third-order valence-corrected chi connectivity index (χ3v) is 3.49. The highest BCUT2D eigenvalue weighted by Crippen LogP contribution is 2.35. The number of carbonyl (C=O) groups excluding carboxylic acids is 1. The van der Waals surface area contributed by atoms with Crippen LogP contribution in [0.15, 0.2) is 12.1 Å². The number of ether oxygens (including phenoxy) is 1. The maximum atomic E-state index is 11.4. The standard InChI is InChI=1S/C15H24N4O2/c1-9(2)13(7-19(3)4)17-11-6-12-14(5-10(11)16)21-8-15(20)18-12/h5-6,9,13,17H,7-8,16H2,1-4H3,(H,18,20). The molecule has 1 amide bonds. The fourth-order valence-electron chi connectivity index (χ4n) is 2.28. The number of nitrogens with two attached hydrogens (primary N) is 1. The molecule has 0 saturated heterocycles. The van der Waals surface area contributed by atoms with Gasteiger partial charge < -0.3 is 26.0 Å². The van der Waals surface area contributed by atoms with Gasteiger partial charge >= 0.3 is 0 Å². The van der Waals surface area contributed by atoms with Crippen LogP contribution in [0.3, 0.4) is 0 Å². The fraction of sp³-hybridized carbons (Fsp3) is 0.533. The Morgan fingerprint density at radius 1 is 1.43 bits per heavy atom. The number of nitrogen functional groups attached to an aromatic ring is 1. The van der Waals surface area contributed by atoms with Gasteiger partial charge in [-0.3, -0.25) is 4.79 Å². The van der Waals surface area contributed by atoms with Gasteiger partial charge in [0.2, 0.25) is 0 Å². The molecule has 1 atom stereocenters. The Morgan fingerprint density at radius 3 is 2.76 bits per heavy atom. The van der Waals surface area contributed by atoms with Gasteiger partial charge in [0.15, 0.2) is 6.61 Å². The molecule has 0 spiro atoms. The van der Waals surface area contributed by atoms with Crippen molar-refractivity contribution >= 4 is 23.0 Å². The van der Waals surface area contributed by atoms with E-state index in [0.717, 1.165) is 12.2 Å². The second kappa shape index (κ2) is 6.22. The molecule has 1 aliphatic heterocycles. The lowest BCUT2D eigenvalue weighted by molar-refractivity contribution is -0.118. The number of nitrogens with one attached hydrogen (secondary N) is 2. The van der Waals surface area contributed by atoms with E-state index in [-0.39, 0.29) is 18.6 Å². The summed E-state index contributed by atoms with van der Waals surface area (Å²) in [7, 11) is 4.09. The van der Waals surface area contributed by atoms with Gasteiger partial charge in [0.1, 0.15) is 5.75 Å². The van der Waals surface area contributed by atoms with E-state index in [1.165, 1.54) is 0 Å². The monoisotopic (exact) mass is 292 g/mol. The average Bonchev–Trinajstić information content (AvgIpc) is 2.38. The molecule has 0 aliphatic carbocycles. The summed E-state index contributed by atoms with van der Waals surface area (Å²) in [6, 6.07) is 3.86. The highest BCUT2D eigenvalue weighted by atomic mass is 16.5. The maximum absolute atomic E-state index is 11.4. The number of benzene rings is 1. The number of amides is 1. The summed E-state index contributed by atoms with van der Waals surface area (Å²) in [5, 5.41) is 6.27. The first kappa shape index (κ1) is 15.4. The van der Waals surface area contributed by atoms with E-state index in [9.17, 15) is 4.79 Å². The van der Waals surface area contributed by atoms with Crippen LogP contribution < -0.4 is 21.1 Å². The molecule has 4 N–H and O–H groups in total. The molecule has 1 aromatic rings. The maximum Gasteiger partial charge on any atom is 0.262 e. The molecule has 6 nitrogen and oxygen atoms in total. The SMILES string of the molecule is CC(C)C(CN(C)C)Nc1cc2c(cc1N)OCC(=O)N2. The molecule has 1 heterocycles. The molecule has 21 heavy (non-hydrogen) atoms. The lowest BCUT2D eigenvalue weighted by Gasteiger charge is -2.28. The Morgan fingerprint density at radius 2 is 2.14 bits per heavy atom. The number of nitrogens with zero attached hydrogens (tertiary/aromatic N) is 1. The van der Waals surface area contributed by atoms with Gasteiger partial charge in [-0.2, -0.15) is 0 Å². The van der Waals surface area contributed by atoms with Crippen molar-refractivity contribution in [2.45, 2.75) is 19.9 Å². The molecule has 0 saturated carbocycles. The van der Waals surface area contributed by atoms with E-state index in [2.05, 4.69) is 29.4 Å². The first-order chi connectivity index (χ1) is 9.86. The lowest BCUT2D eigenvalue weighted by Crippen LogP contribution is -2.36. The molecule has 2 rings (SSSR count). The second-order valence-electron chi connectivity index (χ2n) is 6.03. The molecule has 0 radical (unpaired) electrons. The molecule has 6 heteroatoms. The van der Waals surface area contributed by atoms with E-state index in [1.807, 2.05) is 20.2 Å². The average molecular weight is 292 g/mol. The Balaban J connectivity index is 2.22. The summed E-state index contributed by atoms with van der Waals surface area (Å²) in [6.45, 7) is 5.27. The fourth-order valence-corrected chi connectivity index (χ4v) is 2.28. The van der Waals surface area contributed by atoms with E-state index < -0.39 is 0 Å². The molecule has 0 fully saturated rings. The molecule has 0 bridgehead atoms. The molecular formula is C15H24N4O2. The summed E-state index contributed by atoms with van der Waals surface area (Å²) in [5.74, 6) is 0.923. The predicted octanol–water partition coefficient (Wildman–Crippen LogP) is 1.60. The highest BCUT2D eigenvalue weighted by molar-refractivity contribution is 5.97. The molecular weight excluding hydrogens is 268 g/mol. The van der Waals surface area contributed by atoms with E-state index in [1.54, 1.807) is 6.07 Å². The van der Waals surface area contributed by atoms with Crippen LogP contribution in [0.1, 0.15) is 13.8 Å². The number of likely N-dealkylation sites (N-methyl/N-ethyl adjacent to an activating group) is 1. The number of fused-ring (bicyclic) bond motifs is 1. The van der Waals surface area contributed by atoms with Crippen LogP contribution in [0.4, 0.5) is 17.1 Å². The third kappa shape index (κ3) is 3.78. The van der Waals surface area contributed by atoms with Gasteiger partial charge in [-0.05, 0) is 26.1 Å². The van der Waals surface area contributed by atoms with E-state index in [0.29, 0.717) is 23.0 Å². The zero-order valence-corrected chi connectivity index (χ0v) is 13.1. The van der Waals surface area contributed by atoms with Gasteiger partial charge in [0, 0.05) is 18.7 Å². The highest BCUT2D eigenvalue weighted by Gasteiger charge is 2.20. The minimum atomic E-state index is -0.146. The Bertz CT molecular complexity index is 529. The van der Waals surface area contributed by atoms with Crippen molar-refractivity contribution < 1.29 is 9.53 Å². The Kier molecular flexibility index (Phi) is 4.57. The normalized spacial score (nSPS) is 15.4. The number of hydrogen-bond donors (Lipinski definition) is 3. The van der Waals surface area contributed by atoms with Gasteiger partial charge in [0.05, 0.1) is 17.1 Å². The minimum Gasteiger partial charge on any atom is -0.482 e. The van der Waals surface area contributed by atoms with Crippen molar-refractivity contribution in [3.05, 3.63) is 12.1 Å². The van der Waals surface area contributed by atoms with Crippen LogP contribution in [0.5, 0.6) is 5.75 Å². The predicted molar refractivity (Wildman–Crippen MR) is 85.8 cm³/mol. The van der Waals surface area contributed by atoms with Gasteiger partial charge in [-0.1, -0.05) is 13.8 Å². The number of hydrogen-bond acceptors (Lipinski definition) is 5. The Hall–Kier alpha value is -1.95. The van der Waals surface area contributed by atoms with Crippen molar-refractivity contribution in [2.75, 3.05) is 43.6 Å². The van der Waals surface area contributed by atoms with Crippen LogP contribution in [0.2, 0.25) is 0 Å². The van der Waals surface area contributed by atoms with Crippen molar-refractivity contribution in [3.63, 3.8) is 0 Å². The van der Waals surface area contributed by atoms with Crippen molar-refractivity contribution in [2.24, 2.45) is 5.92 Å². The van der Waals surface area contributed by atoms with Crippen LogP contribution in [-0.2, 0) is 4.79 Å². The molecule has 1 aliphatic rings. The molecule has 1 aromatic carbocycles. The first-order valence-electron chi connectivity index (χ1n) is 7.14. The smallest absolute Gasteiger partial charge is 0.262 e. The topological polar surface area (TPSA) is 79.6 Å². The zero-order valence-electron chi connectivity index (χ0n) is 13.1. The summed E-state index contributed by atoms with van der Waals surface area (Å²) < 4.78 is 5.36. The summed E-state index contributed by atoms with van der Waals surface area (Å²) in [4.78, 5) is 13.5. The van der Waals surface area contributed by atoms with Crippen LogP contribution >= 0.6 is 0 Å². The number of anilines is 3. The third-order valence-electron chi connectivity index (χ3n) is 3.49. The van der Waals surface area contributed by atoms with Crippen molar-refractivity contribution in [1.82, 2.24) is 4.90 Å². The summed E-state index contributed by atoms with van der Waals surface area (Å²) >= 11 is 0. The van der Waals surface area contributed by atoms with Crippen LogP contribution in [-0.4, -0.2) is 44.1 Å². The first-order valence-corrected chi connectivity index (χ1v) is 7.14. The molecule has 1 unspecified atom stereocenters. The van der Waals surface area contributed by atoms with Gasteiger partial charge in [-0.25, -0.2) is 0 Å². The molecule has 0 aromatic heterocycles. The molecule has 116 valence electrons. The van der Waals surface area contributed by atoms with E-state index >= 15 is 0 Å².